The second kappa shape index (κ2) is 6.41. The molecular formula is C20H16N4O4. The molecule has 1 aromatic heterocycles. The van der Waals surface area contributed by atoms with Crippen molar-refractivity contribution in [1.82, 2.24) is 14.7 Å². The van der Waals surface area contributed by atoms with Gasteiger partial charge in [-0.05, 0) is 43.7 Å². The number of benzene rings is 2. The van der Waals surface area contributed by atoms with Crippen molar-refractivity contribution in [3.63, 3.8) is 0 Å². The highest BCUT2D eigenvalue weighted by Crippen LogP contribution is 2.31. The van der Waals surface area contributed by atoms with Crippen molar-refractivity contribution in [3.05, 3.63) is 86.7 Å². The van der Waals surface area contributed by atoms with Crippen LogP contribution in [0.2, 0.25) is 0 Å². The number of imide groups is 1. The molecule has 0 N–H and O–H groups in total. The maximum atomic E-state index is 12.7. The van der Waals surface area contributed by atoms with Crippen LogP contribution in [-0.2, 0) is 6.54 Å². The summed E-state index contributed by atoms with van der Waals surface area (Å²) < 4.78 is 1.81. The number of fused-ring (bicyclic) bond motifs is 1. The molecule has 0 aliphatic carbocycles. The average Bonchev–Trinajstić information content (AvgIpc) is 3.13. The Hall–Kier alpha value is -3.81. The van der Waals surface area contributed by atoms with Gasteiger partial charge in [-0.3, -0.25) is 24.6 Å². The van der Waals surface area contributed by atoms with Crippen LogP contribution in [0.5, 0.6) is 0 Å². The molecule has 0 atom stereocenters. The third kappa shape index (κ3) is 2.75. The maximum absolute atomic E-state index is 12.7. The van der Waals surface area contributed by atoms with Crippen molar-refractivity contribution in [2.24, 2.45) is 0 Å². The summed E-state index contributed by atoms with van der Waals surface area (Å²) in [5.74, 6) is -1.17. The fourth-order valence-corrected chi connectivity index (χ4v) is 3.43. The largest absolute Gasteiger partial charge is 0.282 e. The van der Waals surface area contributed by atoms with E-state index in [0.717, 1.165) is 27.5 Å². The van der Waals surface area contributed by atoms with Crippen molar-refractivity contribution in [2.45, 2.75) is 20.4 Å². The Balaban J connectivity index is 1.61. The molecule has 0 saturated carbocycles. The first-order valence-electron chi connectivity index (χ1n) is 8.63. The number of hydrogen-bond donors (Lipinski definition) is 0. The summed E-state index contributed by atoms with van der Waals surface area (Å²) >= 11 is 0. The van der Waals surface area contributed by atoms with Crippen LogP contribution in [0.4, 0.5) is 5.69 Å². The minimum absolute atomic E-state index is 0.0426. The molecule has 0 spiro atoms. The predicted octanol–water partition coefficient (Wildman–Crippen LogP) is 3.19. The van der Waals surface area contributed by atoms with Crippen LogP contribution in [0, 0.1) is 24.0 Å². The third-order valence-corrected chi connectivity index (χ3v) is 4.70. The molecule has 2 amide bonds. The first-order valence-corrected chi connectivity index (χ1v) is 8.63. The highest BCUT2D eigenvalue weighted by Gasteiger charge is 2.40. The minimum Gasteiger partial charge on any atom is -0.270 e. The van der Waals surface area contributed by atoms with Gasteiger partial charge in [0, 0.05) is 11.8 Å². The van der Waals surface area contributed by atoms with Gasteiger partial charge >= 0.3 is 0 Å². The molecule has 8 nitrogen and oxygen atoms in total. The number of rotatable bonds is 4. The van der Waals surface area contributed by atoms with Crippen LogP contribution in [0.25, 0.3) is 5.69 Å². The Morgan fingerprint density at radius 2 is 1.75 bits per heavy atom. The zero-order chi connectivity index (χ0) is 20.0. The average molecular weight is 376 g/mol. The van der Waals surface area contributed by atoms with Crippen molar-refractivity contribution >= 4 is 17.5 Å². The van der Waals surface area contributed by atoms with E-state index < -0.39 is 16.7 Å². The van der Waals surface area contributed by atoms with Crippen LogP contribution in [0.3, 0.4) is 0 Å². The molecule has 28 heavy (non-hydrogen) atoms. The van der Waals surface area contributed by atoms with E-state index in [1.807, 2.05) is 48.9 Å². The normalized spacial score (nSPS) is 13.1. The Bertz CT molecular complexity index is 1130. The number of carbonyl (C=O) groups is 2. The van der Waals surface area contributed by atoms with Gasteiger partial charge in [-0.1, -0.05) is 18.2 Å². The van der Waals surface area contributed by atoms with Crippen molar-refractivity contribution in [1.29, 1.82) is 0 Å². The van der Waals surface area contributed by atoms with E-state index in [9.17, 15) is 19.7 Å². The standard InChI is InChI=1S/C20H16N4O4/c1-12-10-13(2)23(21-12)15-8-6-14(7-9-15)11-22-19(25)16-4-3-5-17(24(27)28)18(16)20(22)26/h3-10H,11H2,1-2H3. The van der Waals surface area contributed by atoms with Gasteiger partial charge < -0.3 is 0 Å². The fraction of sp³-hybridized carbons (Fsp3) is 0.150. The Morgan fingerprint density at radius 3 is 2.36 bits per heavy atom. The molecule has 140 valence electrons. The fourth-order valence-electron chi connectivity index (χ4n) is 3.43. The number of aromatic nitrogens is 2. The minimum atomic E-state index is -0.644. The molecule has 0 saturated heterocycles. The van der Waals surface area contributed by atoms with E-state index in [0.29, 0.717) is 0 Å². The van der Waals surface area contributed by atoms with E-state index in [1.165, 1.54) is 18.2 Å². The van der Waals surface area contributed by atoms with Crippen molar-refractivity contribution in [3.8, 4) is 5.69 Å². The van der Waals surface area contributed by atoms with Crippen LogP contribution >= 0.6 is 0 Å². The van der Waals surface area contributed by atoms with Gasteiger partial charge in [0.1, 0.15) is 5.56 Å². The molecule has 0 fully saturated rings. The molecule has 0 radical (unpaired) electrons. The summed E-state index contributed by atoms with van der Waals surface area (Å²) in [5.41, 5.74) is 3.09. The Labute approximate surface area is 160 Å². The lowest BCUT2D eigenvalue weighted by Crippen LogP contribution is -2.29. The lowest BCUT2D eigenvalue weighted by Gasteiger charge is -2.14. The highest BCUT2D eigenvalue weighted by atomic mass is 16.6. The highest BCUT2D eigenvalue weighted by molar-refractivity contribution is 6.23. The number of carbonyl (C=O) groups excluding carboxylic acids is 2. The molecule has 0 bridgehead atoms. The molecule has 2 heterocycles. The van der Waals surface area contributed by atoms with E-state index in [1.54, 1.807) is 0 Å². The zero-order valence-electron chi connectivity index (χ0n) is 15.2. The van der Waals surface area contributed by atoms with Gasteiger partial charge in [-0.15, -0.1) is 0 Å². The summed E-state index contributed by atoms with van der Waals surface area (Å²) in [4.78, 5) is 36.8. The van der Waals surface area contributed by atoms with Crippen LogP contribution in [-0.4, -0.2) is 31.4 Å². The lowest BCUT2D eigenvalue weighted by atomic mass is 10.1. The van der Waals surface area contributed by atoms with Crippen molar-refractivity contribution < 1.29 is 14.5 Å². The topological polar surface area (TPSA) is 98.3 Å². The third-order valence-electron chi connectivity index (χ3n) is 4.70. The lowest BCUT2D eigenvalue weighted by molar-refractivity contribution is -0.385. The zero-order valence-corrected chi connectivity index (χ0v) is 15.2. The van der Waals surface area contributed by atoms with Gasteiger partial charge in [0.05, 0.1) is 28.4 Å². The van der Waals surface area contributed by atoms with Gasteiger partial charge in [0.25, 0.3) is 17.5 Å². The van der Waals surface area contributed by atoms with E-state index in [-0.39, 0.29) is 23.4 Å². The molecule has 1 aliphatic rings. The van der Waals surface area contributed by atoms with Crippen LogP contribution < -0.4 is 0 Å². The first-order chi connectivity index (χ1) is 13.4. The maximum Gasteiger partial charge on any atom is 0.282 e. The smallest absolute Gasteiger partial charge is 0.270 e. The number of nitrogens with zero attached hydrogens (tertiary/aromatic N) is 4. The predicted molar refractivity (Wildman–Crippen MR) is 100 cm³/mol. The van der Waals surface area contributed by atoms with E-state index >= 15 is 0 Å². The molecule has 0 unspecified atom stereocenters. The second-order valence-corrected chi connectivity index (χ2v) is 6.66. The van der Waals surface area contributed by atoms with Gasteiger partial charge in [0.2, 0.25) is 0 Å². The van der Waals surface area contributed by atoms with E-state index in [4.69, 9.17) is 0 Å². The van der Waals surface area contributed by atoms with Gasteiger partial charge in [-0.25, -0.2) is 4.68 Å². The monoisotopic (exact) mass is 376 g/mol. The second-order valence-electron chi connectivity index (χ2n) is 6.66. The molecule has 4 rings (SSSR count). The number of aryl methyl sites for hydroxylation is 2. The molecular weight excluding hydrogens is 360 g/mol. The molecule has 8 heteroatoms. The Morgan fingerprint density at radius 1 is 1.04 bits per heavy atom. The number of hydrogen-bond acceptors (Lipinski definition) is 5. The van der Waals surface area contributed by atoms with Crippen LogP contribution in [0.15, 0.2) is 48.5 Å². The summed E-state index contributed by atoms with van der Waals surface area (Å²) in [6, 6.07) is 13.4. The van der Waals surface area contributed by atoms with Gasteiger partial charge in [0.15, 0.2) is 0 Å². The number of amides is 2. The molecule has 3 aromatic rings. The van der Waals surface area contributed by atoms with E-state index in [2.05, 4.69) is 5.10 Å². The van der Waals surface area contributed by atoms with Crippen LogP contribution in [0.1, 0.15) is 37.7 Å². The molecule has 2 aromatic carbocycles. The van der Waals surface area contributed by atoms with Crippen molar-refractivity contribution in [2.75, 3.05) is 0 Å². The number of nitro benzene ring substituents is 1. The SMILES string of the molecule is Cc1cc(C)n(-c2ccc(CN3C(=O)c4cccc([N+](=O)[O-])c4C3=O)cc2)n1. The Kier molecular flexibility index (Phi) is 4.03. The summed E-state index contributed by atoms with van der Waals surface area (Å²) in [5, 5.41) is 15.6. The first kappa shape index (κ1) is 17.6. The quantitative estimate of drug-likeness (QED) is 0.396. The van der Waals surface area contributed by atoms with Gasteiger partial charge in [-0.2, -0.15) is 5.10 Å². The number of nitro groups is 1. The molecule has 1 aliphatic heterocycles. The summed E-state index contributed by atoms with van der Waals surface area (Å²) in [6.45, 7) is 3.92. The summed E-state index contributed by atoms with van der Waals surface area (Å²) in [6.07, 6.45) is 0. The summed E-state index contributed by atoms with van der Waals surface area (Å²) in [7, 11) is 0.